The lowest BCUT2D eigenvalue weighted by molar-refractivity contribution is 0.170. The Morgan fingerprint density at radius 3 is 2.67 bits per heavy atom. The Labute approximate surface area is 68.5 Å². The highest BCUT2D eigenvalue weighted by Gasteiger charge is 2.00. The van der Waals surface area contributed by atoms with E-state index < -0.39 is 0 Å². The zero-order chi connectivity index (χ0) is 7.28. The number of ether oxygens (including phenoxy) is 1. The molecule has 0 aliphatic heterocycles. The summed E-state index contributed by atoms with van der Waals surface area (Å²) < 4.78 is 4.81. The maximum Gasteiger partial charge on any atom is 0.283 e. The fourth-order valence-electron chi connectivity index (χ4n) is 0.316. The van der Waals surface area contributed by atoms with Crippen molar-refractivity contribution in [2.45, 2.75) is 0 Å². The Morgan fingerprint density at radius 1 is 1.78 bits per heavy atom. The molecule has 0 aromatic rings. The number of halogens is 1. The zero-order valence-electron chi connectivity index (χ0n) is 5.56. The lowest BCUT2D eigenvalue weighted by Crippen LogP contribution is -2.24. The minimum Gasteiger partial charge on any atom is -0.383 e. The van der Waals surface area contributed by atoms with Gasteiger partial charge in [0.1, 0.15) is 0 Å². The lowest BCUT2D eigenvalue weighted by Gasteiger charge is -2.11. The second kappa shape index (κ2) is 4.99. The standard InChI is InChI=1S/C5H10INO2/c1-7(5(6)8)3-4-9-2/h3-4H2,1-2H3. The normalized spacial score (nSPS) is 9.22. The highest BCUT2D eigenvalue weighted by Crippen LogP contribution is 1.94. The molecule has 0 saturated carbocycles. The Balaban J connectivity index is 3.27. The number of rotatable bonds is 3. The average molecular weight is 243 g/mol. The first-order valence-corrected chi connectivity index (χ1v) is 3.66. The molecule has 0 rings (SSSR count). The minimum atomic E-state index is 0.0460. The van der Waals surface area contributed by atoms with Gasteiger partial charge in [0.05, 0.1) is 6.61 Å². The second-order valence-electron chi connectivity index (χ2n) is 1.67. The summed E-state index contributed by atoms with van der Waals surface area (Å²) in [5.41, 5.74) is 0. The molecule has 0 aliphatic rings. The van der Waals surface area contributed by atoms with Crippen LogP contribution in [0.25, 0.3) is 0 Å². The summed E-state index contributed by atoms with van der Waals surface area (Å²) in [6, 6.07) is 0. The van der Waals surface area contributed by atoms with Gasteiger partial charge in [-0.2, -0.15) is 0 Å². The van der Waals surface area contributed by atoms with E-state index in [4.69, 9.17) is 4.74 Å². The molecule has 0 N–H and O–H groups in total. The van der Waals surface area contributed by atoms with Crippen molar-refractivity contribution in [3.63, 3.8) is 0 Å². The van der Waals surface area contributed by atoms with Gasteiger partial charge in [0.15, 0.2) is 0 Å². The third-order valence-electron chi connectivity index (χ3n) is 0.931. The summed E-state index contributed by atoms with van der Waals surface area (Å²) in [6.07, 6.45) is 0. The van der Waals surface area contributed by atoms with E-state index in [0.717, 1.165) is 0 Å². The van der Waals surface area contributed by atoms with Gasteiger partial charge in [0.2, 0.25) is 0 Å². The molecule has 4 heteroatoms. The largest absolute Gasteiger partial charge is 0.383 e. The van der Waals surface area contributed by atoms with Crippen LogP contribution in [0.1, 0.15) is 0 Å². The van der Waals surface area contributed by atoms with Gasteiger partial charge < -0.3 is 9.64 Å². The lowest BCUT2D eigenvalue weighted by atomic mass is 10.6. The van der Waals surface area contributed by atoms with E-state index in [1.807, 2.05) is 0 Å². The molecule has 1 amide bonds. The first kappa shape index (κ1) is 9.16. The monoisotopic (exact) mass is 243 g/mol. The van der Waals surface area contributed by atoms with Crippen molar-refractivity contribution in [3.8, 4) is 0 Å². The summed E-state index contributed by atoms with van der Waals surface area (Å²) in [5, 5.41) is 0. The van der Waals surface area contributed by atoms with Gasteiger partial charge in [0, 0.05) is 43.3 Å². The molecule has 0 spiro atoms. The van der Waals surface area contributed by atoms with E-state index >= 15 is 0 Å². The van der Waals surface area contributed by atoms with Crippen LogP contribution in [0.3, 0.4) is 0 Å². The van der Waals surface area contributed by atoms with Gasteiger partial charge in [-0.25, -0.2) is 0 Å². The van der Waals surface area contributed by atoms with Gasteiger partial charge in [-0.3, -0.25) is 4.79 Å². The third kappa shape index (κ3) is 4.65. The number of hydrogen-bond donors (Lipinski definition) is 0. The fourth-order valence-corrected chi connectivity index (χ4v) is 0.557. The summed E-state index contributed by atoms with van der Waals surface area (Å²) >= 11 is 1.74. The molecule has 0 aromatic heterocycles. The van der Waals surface area contributed by atoms with Crippen LogP contribution in [0.2, 0.25) is 0 Å². The van der Waals surface area contributed by atoms with Crippen LogP contribution >= 0.6 is 22.6 Å². The highest BCUT2D eigenvalue weighted by atomic mass is 127. The van der Waals surface area contributed by atoms with Crippen LogP contribution < -0.4 is 0 Å². The van der Waals surface area contributed by atoms with Gasteiger partial charge in [-0.1, -0.05) is 0 Å². The van der Waals surface area contributed by atoms with Crippen LogP contribution in [-0.4, -0.2) is 36.1 Å². The molecular weight excluding hydrogens is 233 g/mol. The number of carbonyl (C=O) groups is 1. The van der Waals surface area contributed by atoms with Gasteiger partial charge in [-0.05, 0) is 0 Å². The molecule has 0 heterocycles. The van der Waals surface area contributed by atoms with E-state index in [1.54, 1.807) is 41.6 Å². The summed E-state index contributed by atoms with van der Waals surface area (Å²) in [5.74, 6) is 0. The molecule has 0 unspecified atom stereocenters. The minimum absolute atomic E-state index is 0.0460. The van der Waals surface area contributed by atoms with E-state index in [0.29, 0.717) is 13.2 Å². The van der Waals surface area contributed by atoms with Gasteiger partial charge >= 0.3 is 0 Å². The summed E-state index contributed by atoms with van der Waals surface area (Å²) in [6.45, 7) is 1.27. The predicted molar refractivity (Wildman–Crippen MR) is 43.9 cm³/mol. The quantitative estimate of drug-likeness (QED) is 0.422. The molecule has 0 aliphatic carbocycles. The van der Waals surface area contributed by atoms with Crippen molar-refractivity contribution in [2.24, 2.45) is 0 Å². The fraction of sp³-hybridized carbons (Fsp3) is 0.800. The maximum atomic E-state index is 10.5. The number of nitrogens with zero attached hydrogens (tertiary/aromatic N) is 1. The SMILES string of the molecule is COCCN(C)C(=O)I. The molecule has 0 aromatic carbocycles. The molecule has 3 nitrogen and oxygen atoms in total. The number of carbonyl (C=O) groups excluding carboxylic acids is 1. The number of hydrogen-bond acceptors (Lipinski definition) is 2. The molecule has 54 valence electrons. The highest BCUT2D eigenvalue weighted by molar-refractivity contribution is 14.1. The van der Waals surface area contributed by atoms with Crippen molar-refractivity contribution in [2.75, 3.05) is 27.3 Å². The smallest absolute Gasteiger partial charge is 0.283 e. The number of likely N-dealkylation sites (N-methyl/N-ethyl adjacent to an activating group) is 1. The Bertz CT molecular complexity index is 97.0. The topological polar surface area (TPSA) is 29.5 Å². The van der Waals surface area contributed by atoms with Crippen LogP contribution in [0.15, 0.2) is 0 Å². The summed E-state index contributed by atoms with van der Waals surface area (Å²) in [4.78, 5) is 12.1. The van der Waals surface area contributed by atoms with Crippen molar-refractivity contribution in [3.05, 3.63) is 0 Å². The van der Waals surface area contributed by atoms with Crippen LogP contribution in [-0.2, 0) is 4.74 Å². The van der Waals surface area contributed by atoms with Crippen LogP contribution in [0.4, 0.5) is 4.79 Å². The number of methoxy groups -OCH3 is 1. The molecule has 0 atom stereocenters. The maximum absolute atomic E-state index is 10.5. The summed E-state index contributed by atoms with van der Waals surface area (Å²) in [7, 11) is 3.36. The molecular formula is C5H10INO2. The molecule has 0 radical (unpaired) electrons. The van der Waals surface area contributed by atoms with E-state index in [9.17, 15) is 4.79 Å². The zero-order valence-corrected chi connectivity index (χ0v) is 7.71. The van der Waals surface area contributed by atoms with Crippen LogP contribution in [0, 0.1) is 0 Å². The van der Waals surface area contributed by atoms with E-state index in [2.05, 4.69) is 0 Å². The second-order valence-corrected chi connectivity index (χ2v) is 2.59. The van der Waals surface area contributed by atoms with E-state index in [1.165, 1.54) is 0 Å². The van der Waals surface area contributed by atoms with Gasteiger partial charge in [-0.15, -0.1) is 0 Å². The molecule has 0 bridgehead atoms. The Morgan fingerprint density at radius 2 is 2.33 bits per heavy atom. The first-order chi connectivity index (χ1) is 4.18. The predicted octanol–water partition coefficient (Wildman–Crippen LogP) is 1.12. The van der Waals surface area contributed by atoms with Crippen molar-refractivity contribution < 1.29 is 9.53 Å². The average Bonchev–Trinajstić information content (AvgIpc) is 1.82. The van der Waals surface area contributed by atoms with Crippen molar-refractivity contribution in [1.29, 1.82) is 0 Å². The third-order valence-corrected chi connectivity index (χ3v) is 1.75. The first-order valence-electron chi connectivity index (χ1n) is 2.58. The van der Waals surface area contributed by atoms with Crippen molar-refractivity contribution in [1.82, 2.24) is 4.90 Å². The van der Waals surface area contributed by atoms with Crippen molar-refractivity contribution >= 4 is 26.5 Å². The number of amides is 1. The molecule has 9 heavy (non-hydrogen) atoms. The molecule has 0 saturated heterocycles. The Hall–Kier alpha value is 0.160. The van der Waals surface area contributed by atoms with Gasteiger partial charge in [0.25, 0.3) is 3.91 Å². The Kier molecular flexibility index (Phi) is 5.07. The molecule has 0 fully saturated rings. The van der Waals surface area contributed by atoms with Crippen LogP contribution in [0.5, 0.6) is 0 Å². The van der Waals surface area contributed by atoms with E-state index in [-0.39, 0.29) is 3.91 Å².